The van der Waals surface area contributed by atoms with Gasteiger partial charge in [-0.15, -0.1) is 0 Å². The summed E-state index contributed by atoms with van der Waals surface area (Å²) in [5.41, 5.74) is 5.33. The molecule has 0 fully saturated rings. The summed E-state index contributed by atoms with van der Waals surface area (Å²) in [7, 11) is -4.39. The van der Waals surface area contributed by atoms with Crippen LogP contribution in [0.15, 0.2) is 72.9 Å². The lowest BCUT2D eigenvalue weighted by atomic mass is 10.1. The van der Waals surface area contributed by atoms with Crippen molar-refractivity contribution in [2.24, 2.45) is 5.73 Å². The van der Waals surface area contributed by atoms with Gasteiger partial charge in [0.2, 0.25) is 0 Å². The van der Waals surface area contributed by atoms with Crippen LogP contribution in [0, 0.1) is 0 Å². The Morgan fingerprint density at radius 3 is 1.80 bits per heavy atom. The molecule has 0 bridgehead atoms. The van der Waals surface area contributed by atoms with Crippen LogP contribution < -0.4 is 5.73 Å². The molecule has 0 heterocycles. The zero-order valence-electron chi connectivity index (χ0n) is 31.1. The summed E-state index contributed by atoms with van der Waals surface area (Å²) in [6, 6.07) is 0. The van der Waals surface area contributed by atoms with E-state index >= 15 is 0 Å². The minimum atomic E-state index is -4.39. The SMILES string of the molecule is CC/C=C/C=C/C=C/C=C/CCCCCCCC(=O)O[C@H](COC(=O)CCCCCCC/C=C/C/C=C/CCCC)COP(=O)(O)OCCN. The Morgan fingerprint density at radius 2 is 1.18 bits per heavy atom. The fraction of sp³-hybridized carbons (Fsp3) is 0.650. The Labute approximate surface area is 303 Å². The molecule has 0 aliphatic rings. The predicted molar refractivity (Wildman–Crippen MR) is 206 cm³/mol. The van der Waals surface area contributed by atoms with Gasteiger partial charge in [-0.1, -0.05) is 138 Å². The van der Waals surface area contributed by atoms with E-state index in [4.69, 9.17) is 24.3 Å². The highest BCUT2D eigenvalue weighted by molar-refractivity contribution is 7.47. The second kappa shape index (κ2) is 36.2. The first-order chi connectivity index (χ1) is 24.3. The molecular formula is C40H68NO8P. The molecule has 0 spiro atoms. The molecule has 2 atom stereocenters. The molecular weight excluding hydrogens is 653 g/mol. The van der Waals surface area contributed by atoms with Gasteiger partial charge >= 0.3 is 19.8 Å². The number of esters is 2. The second-order valence-electron chi connectivity index (χ2n) is 12.1. The van der Waals surface area contributed by atoms with Crippen molar-refractivity contribution in [3.05, 3.63) is 72.9 Å². The minimum absolute atomic E-state index is 0.0430. The number of hydrogen-bond donors (Lipinski definition) is 2. The Balaban J connectivity index is 4.32. The van der Waals surface area contributed by atoms with Gasteiger partial charge in [-0.05, 0) is 57.8 Å². The summed E-state index contributed by atoms with van der Waals surface area (Å²) >= 11 is 0. The zero-order valence-corrected chi connectivity index (χ0v) is 32.0. The van der Waals surface area contributed by atoms with E-state index in [0.29, 0.717) is 12.8 Å². The van der Waals surface area contributed by atoms with Gasteiger partial charge in [-0.25, -0.2) is 4.57 Å². The van der Waals surface area contributed by atoms with Crippen LogP contribution in [0.2, 0.25) is 0 Å². The molecule has 0 aliphatic carbocycles. The molecule has 3 N–H and O–H groups in total. The van der Waals surface area contributed by atoms with E-state index in [9.17, 15) is 19.0 Å². The minimum Gasteiger partial charge on any atom is -0.462 e. The van der Waals surface area contributed by atoms with Crippen molar-refractivity contribution in [1.29, 1.82) is 0 Å². The highest BCUT2D eigenvalue weighted by atomic mass is 31.2. The summed E-state index contributed by atoms with van der Waals surface area (Å²) in [6.07, 6.45) is 42.1. The molecule has 0 saturated heterocycles. The molecule has 50 heavy (non-hydrogen) atoms. The van der Waals surface area contributed by atoms with E-state index < -0.39 is 32.5 Å². The normalized spacial score (nSPS) is 14.2. The van der Waals surface area contributed by atoms with Gasteiger partial charge in [-0.2, -0.15) is 0 Å². The van der Waals surface area contributed by atoms with E-state index in [0.717, 1.165) is 83.5 Å². The molecule has 286 valence electrons. The monoisotopic (exact) mass is 721 g/mol. The first-order valence-electron chi connectivity index (χ1n) is 19.0. The molecule has 0 aromatic heterocycles. The van der Waals surface area contributed by atoms with Crippen LogP contribution >= 0.6 is 7.82 Å². The van der Waals surface area contributed by atoms with E-state index in [2.05, 4.69) is 56.4 Å². The molecule has 0 saturated carbocycles. The lowest BCUT2D eigenvalue weighted by Gasteiger charge is -2.19. The number of phosphoric ester groups is 1. The van der Waals surface area contributed by atoms with Crippen molar-refractivity contribution >= 4 is 19.8 Å². The zero-order chi connectivity index (χ0) is 36.8. The van der Waals surface area contributed by atoms with Crippen molar-refractivity contribution in [1.82, 2.24) is 0 Å². The number of unbranched alkanes of at least 4 members (excludes halogenated alkanes) is 12. The predicted octanol–water partition coefficient (Wildman–Crippen LogP) is 10.3. The van der Waals surface area contributed by atoms with E-state index in [-0.39, 0.29) is 32.6 Å². The van der Waals surface area contributed by atoms with Crippen LogP contribution in [0.5, 0.6) is 0 Å². The summed E-state index contributed by atoms with van der Waals surface area (Å²) in [5, 5.41) is 0. The highest BCUT2D eigenvalue weighted by Crippen LogP contribution is 2.43. The number of ether oxygens (including phenoxy) is 2. The smallest absolute Gasteiger partial charge is 0.462 e. The molecule has 0 aromatic carbocycles. The summed E-state index contributed by atoms with van der Waals surface area (Å²) in [4.78, 5) is 34.7. The molecule has 10 heteroatoms. The highest BCUT2D eigenvalue weighted by Gasteiger charge is 2.25. The summed E-state index contributed by atoms with van der Waals surface area (Å²) in [5.74, 6) is -0.882. The Morgan fingerprint density at radius 1 is 0.640 bits per heavy atom. The fourth-order valence-corrected chi connectivity index (χ4v) is 5.37. The maximum absolute atomic E-state index is 12.5. The van der Waals surface area contributed by atoms with E-state index in [1.165, 1.54) is 12.8 Å². The van der Waals surface area contributed by atoms with Crippen molar-refractivity contribution in [3.63, 3.8) is 0 Å². The fourth-order valence-electron chi connectivity index (χ4n) is 4.60. The third-order valence-electron chi connectivity index (χ3n) is 7.42. The van der Waals surface area contributed by atoms with Gasteiger partial charge in [0.25, 0.3) is 0 Å². The van der Waals surface area contributed by atoms with E-state index in [1.54, 1.807) is 0 Å². The van der Waals surface area contributed by atoms with E-state index in [1.807, 2.05) is 30.4 Å². The van der Waals surface area contributed by atoms with Crippen LogP contribution in [0.25, 0.3) is 0 Å². The van der Waals surface area contributed by atoms with Crippen molar-refractivity contribution in [3.8, 4) is 0 Å². The van der Waals surface area contributed by atoms with Crippen LogP contribution in [0.1, 0.15) is 136 Å². The number of carbonyl (C=O) groups excluding carboxylic acids is 2. The molecule has 0 rings (SSSR count). The number of phosphoric acid groups is 1. The maximum atomic E-state index is 12.5. The van der Waals surface area contributed by atoms with Gasteiger partial charge < -0.3 is 20.1 Å². The van der Waals surface area contributed by atoms with Crippen molar-refractivity contribution in [2.75, 3.05) is 26.4 Å². The van der Waals surface area contributed by atoms with Gasteiger partial charge in [0.1, 0.15) is 6.61 Å². The van der Waals surface area contributed by atoms with Crippen LogP contribution in [0.3, 0.4) is 0 Å². The van der Waals surface area contributed by atoms with Gasteiger partial charge in [0.15, 0.2) is 6.10 Å². The Bertz CT molecular complexity index is 1050. The van der Waals surface area contributed by atoms with Crippen molar-refractivity contribution in [2.45, 2.75) is 142 Å². The lowest BCUT2D eigenvalue weighted by Crippen LogP contribution is -2.29. The average molecular weight is 722 g/mol. The molecule has 0 aromatic rings. The maximum Gasteiger partial charge on any atom is 0.472 e. The quantitative estimate of drug-likeness (QED) is 0.0219. The van der Waals surface area contributed by atoms with Crippen LogP contribution in [-0.2, 0) is 32.7 Å². The largest absolute Gasteiger partial charge is 0.472 e. The Kier molecular flexibility index (Phi) is 34.4. The topological polar surface area (TPSA) is 134 Å². The molecule has 1 unspecified atom stereocenters. The van der Waals surface area contributed by atoms with Crippen LogP contribution in [0.4, 0.5) is 0 Å². The van der Waals surface area contributed by atoms with Crippen LogP contribution in [-0.4, -0.2) is 49.3 Å². The molecule has 9 nitrogen and oxygen atoms in total. The van der Waals surface area contributed by atoms with Gasteiger partial charge in [0, 0.05) is 19.4 Å². The summed E-state index contributed by atoms with van der Waals surface area (Å²) in [6.45, 7) is 3.47. The second-order valence-corrected chi connectivity index (χ2v) is 13.6. The van der Waals surface area contributed by atoms with Crippen molar-refractivity contribution < 1.29 is 37.6 Å². The first kappa shape index (κ1) is 47.4. The lowest BCUT2D eigenvalue weighted by molar-refractivity contribution is -0.161. The number of nitrogens with two attached hydrogens (primary N) is 1. The molecule has 0 aliphatic heterocycles. The van der Waals surface area contributed by atoms with Gasteiger partial charge in [-0.3, -0.25) is 18.6 Å². The molecule has 0 amide bonds. The standard InChI is InChI=1S/C40H68NO8P/c1-3-5-7-9-11-13-15-17-19-21-23-25-27-29-31-33-40(43)49-38(37-48-50(44,45)47-35-34-41)36-46-39(42)32-30-28-26-24-22-20-18-16-14-12-10-8-6-4-2/h5,7,9-13,15-19,38H,3-4,6,8,14,20-37,41H2,1-2H3,(H,44,45)/b7-5+,11-9+,12-10+,15-13+,18-16+,19-17+/t38-/m1/s1. The first-order valence-corrected chi connectivity index (χ1v) is 20.5. The number of carbonyl (C=O) groups is 2. The third-order valence-corrected chi connectivity index (χ3v) is 8.41. The Hall–Kier alpha value is -2.55. The summed E-state index contributed by atoms with van der Waals surface area (Å²) < 4.78 is 32.6. The third kappa shape index (κ3) is 35.3. The number of allylic oxidation sites excluding steroid dienone is 12. The van der Waals surface area contributed by atoms with Gasteiger partial charge in [0.05, 0.1) is 13.2 Å². The molecule has 0 radical (unpaired) electrons. The average Bonchev–Trinajstić information content (AvgIpc) is 3.10. The number of hydrogen-bond acceptors (Lipinski definition) is 8. The number of rotatable bonds is 34.